The number of nitrogens with zero attached hydrogens (tertiary/aromatic N) is 2. The van der Waals surface area contributed by atoms with Crippen LogP contribution in [0.3, 0.4) is 0 Å². The number of ether oxygens (including phenoxy) is 1. The van der Waals surface area contributed by atoms with Crippen LogP contribution in [0.4, 0.5) is 34.1 Å². The van der Waals surface area contributed by atoms with E-state index in [0.717, 1.165) is 34.2 Å². The van der Waals surface area contributed by atoms with Crippen LogP contribution in [0.1, 0.15) is 5.56 Å². The van der Waals surface area contributed by atoms with Crippen LogP contribution in [-0.4, -0.2) is 6.71 Å². The van der Waals surface area contributed by atoms with E-state index in [1.807, 2.05) is 11.3 Å². The van der Waals surface area contributed by atoms with Crippen LogP contribution in [0.5, 0.6) is 11.5 Å². The second-order valence-corrected chi connectivity index (χ2v) is 13.7. The molecule has 48 heavy (non-hydrogen) atoms. The Morgan fingerprint density at radius 3 is 2.06 bits per heavy atom. The van der Waals surface area contributed by atoms with Crippen LogP contribution in [0, 0.1) is 6.92 Å². The molecule has 0 radical (unpaired) electrons. The van der Waals surface area contributed by atoms with Crippen LogP contribution in [-0.2, 0) is 0 Å². The Morgan fingerprint density at radius 2 is 1.23 bits per heavy atom. The smallest absolute Gasteiger partial charge is 0.256 e. The second-order valence-electron chi connectivity index (χ2n) is 12.6. The number of rotatable bonds is 4. The Morgan fingerprint density at radius 1 is 0.542 bits per heavy atom. The predicted octanol–water partition coefficient (Wildman–Crippen LogP) is 10.2. The van der Waals surface area contributed by atoms with Gasteiger partial charge in [0, 0.05) is 54.3 Å². The highest BCUT2D eigenvalue weighted by Crippen LogP contribution is 2.44. The summed E-state index contributed by atoms with van der Waals surface area (Å²) in [5.41, 5.74) is 12.0. The highest BCUT2D eigenvalue weighted by molar-refractivity contribution is 7.26. The van der Waals surface area contributed by atoms with E-state index < -0.39 is 0 Å². The van der Waals surface area contributed by atoms with E-state index >= 15 is 0 Å². The summed E-state index contributed by atoms with van der Waals surface area (Å²) < 4.78 is 9.34. The van der Waals surface area contributed by atoms with Crippen LogP contribution in [0.15, 0.2) is 158 Å². The molecule has 5 heteroatoms. The zero-order valence-electron chi connectivity index (χ0n) is 26.3. The summed E-state index contributed by atoms with van der Waals surface area (Å²) in [6.45, 7) is 2.21. The van der Waals surface area contributed by atoms with Gasteiger partial charge >= 0.3 is 0 Å². The van der Waals surface area contributed by atoms with Crippen molar-refractivity contribution in [2.45, 2.75) is 6.92 Å². The molecule has 3 nitrogen and oxygen atoms in total. The molecule has 0 unspecified atom stereocenters. The van der Waals surface area contributed by atoms with Gasteiger partial charge < -0.3 is 14.5 Å². The Kier molecular flexibility index (Phi) is 6.05. The fraction of sp³-hybridized carbons (Fsp3) is 0.0233. The topological polar surface area (TPSA) is 15.7 Å². The molecule has 0 amide bonds. The lowest BCUT2D eigenvalue weighted by atomic mass is 9.34. The molecule has 1 aromatic heterocycles. The fourth-order valence-corrected chi connectivity index (χ4v) is 8.77. The van der Waals surface area contributed by atoms with Gasteiger partial charge in [-0.25, -0.2) is 0 Å². The minimum atomic E-state index is 0.0800. The Bertz CT molecular complexity index is 2510. The van der Waals surface area contributed by atoms with Crippen molar-refractivity contribution in [3.05, 3.63) is 163 Å². The fourth-order valence-electron chi connectivity index (χ4n) is 7.60. The van der Waals surface area contributed by atoms with Crippen molar-refractivity contribution in [2.24, 2.45) is 0 Å². The zero-order valence-corrected chi connectivity index (χ0v) is 27.1. The van der Waals surface area contributed by atoms with E-state index in [1.54, 1.807) is 0 Å². The quantitative estimate of drug-likeness (QED) is 0.180. The van der Waals surface area contributed by atoms with E-state index in [1.165, 1.54) is 53.5 Å². The number of fused-ring (bicyclic) bond motifs is 7. The van der Waals surface area contributed by atoms with Gasteiger partial charge in [0.25, 0.3) is 6.71 Å². The lowest BCUT2D eigenvalue weighted by molar-refractivity contribution is 0.488. The lowest BCUT2D eigenvalue weighted by Gasteiger charge is -2.39. The van der Waals surface area contributed by atoms with Crippen LogP contribution in [0.25, 0.3) is 20.2 Å². The van der Waals surface area contributed by atoms with Crippen molar-refractivity contribution >= 4 is 88.7 Å². The van der Waals surface area contributed by atoms with Gasteiger partial charge in [0.1, 0.15) is 11.5 Å². The molecular formula is C43H29BN2OS. The molecule has 2 aliphatic rings. The van der Waals surface area contributed by atoms with Crippen molar-refractivity contribution in [1.29, 1.82) is 0 Å². The molecule has 2 aliphatic heterocycles. The molecule has 0 N–H and O–H groups in total. The minimum absolute atomic E-state index is 0.0800. The molecule has 0 fully saturated rings. The summed E-state index contributed by atoms with van der Waals surface area (Å²) in [7, 11) is 0. The van der Waals surface area contributed by atoms with Crippen molar-refractivity contribution < 1.29 is 4.74 Å². The summed E-state index contributed by atoms with van der Waals surface area (Å²) in [4.78, 5) is 4.72. The maximum absolute atomic E-state index is 6.81. The molecule has 3 heterocycles. The van der Waals surface area contributed by atoms with Crippen molar-refractivity contribution in [1.82, 2.24) is 0 Å². The van der Waals surface area contributed by atoms with E-state index in [0.29, 0.717) is 0 Å². The first-order chi connectivity index (χ1) is 23.7. The first-order valence-electron chi connectivity index (χ1n) is 16.4. The van der Waals surface area contributed by atoms with Gasteiger partial charge in [-0.3, -0.25) is 0 Å². The van der Waals surface area contributed by atoms with Gasteiger partial charge in [-0.05, 0) is 102 Å². The van der Waals surface area contributed by atoms with E-state index in [-0.39, 0.29) is 6.71 Å². The molecule has 10 rings (SSSR count). The number of para-hydroxylation sites is 3. The largest absolute Gasteiger partial charge is 0.458 e. The summed E-state index contributed by atoms with van der Waals surface area (Å²) >= 11 is 1.86. The van der Waals surface area contributed by atoms with Crippen molar-refractivity contribution in [2.75, 3.05) is 9.80 Å². The zero-order chi connectivity index (χ0) is 31.8. The highest BCUT2D eigenvalue weighted by Gasteiger charge is 2.41. The maximum Gasteiger partial charge on any atom is 0.256 e. The Hall–Kier alpha value is -5.78. The number of benzene rings is 7. The summed E-state index contributed by atoms with van der Waals surface area (Å²) in [6, 6.07) is 56.9. The molecule has 0 saturated heterocycles. The number of thiophene rings is 1. The van der Waals surface area contributed by atoms with Gasteiger partial charge in [0.15, 0.2) is 0 Å². The number of hydrogen-bond acceptors (Lipinski definition) is 4. The van der Waals surface area contributed by atoms with Gasteiger partial charge in [0.05, 0.1) is 0 Å². The van der Waals surface area contributed by atoms with Crippen molar-refractivity contribution in [3.8, 4) is 11.5 Å². The molecule has 0 bridgehead atoms. The molecule has 0 aliphatic carbocycles. The summed E-state index contributed by atoms with van der Waals surface area (Å²) in [6.07, 6.45) is 0. The number of anilines is 6. The van der Waals surface area contributed by atoms with Crippen LogP contribution < -0.4 is 30.9 Å². The van der Waals surface area contributed by atoms with Gasteiger partial charge in [0.2, 0.25) is 0 Å². The average Bonchev–Trinajstić information content (AvgIpc) is 3.49. The molecule has 226 valence electrons. The molecule has 8 aromatic rings. The first kappa shape index (κ1) is 27.3. The molecule has 7 aromatic carbocycles. The summed E-state index contributed by atoms with van der Waals surface area (Å²) in [5.74, 6) is 1.87. The minimum Gasteiger partial charge on any atom is -0.458 e. The first-order valence-corrected chi connectivity index (χ1v) is 17.2. The normalized spacial score (nSPS) is 12.8. The van der Waals surface area contributed by atoms with E-state index in [2.05, 4.69) is 174 Å². The third kappa shape index (κ3) is 4.14. The van der Waals surface area contributed by atoms with Gasteiger partial charge in [-0.2, -0.15) is 0 Å². The number of hydrogen-bond donors (Lipinski definition) is 0. The lowest BCUT2D eigenvalue weighted by Crippen LogP contribution is -2.59. The summed E-state index contributed by atoms with van der Waals surface area (Å²) in [5, 5.41) is 2.48. The molecular weight excluding hydrogens is 603 g/mol. The standard InChI is InChI=1S/C43H29BN2OS/c1-28-19-21-31(22-20-28)45(29-11-4-2-5-12-29)32-23-24-33-34-26-40-36(27-42(34)48-41(33)25-32)44-35-15-8-9-16-37(35)46(30-13-6-3-7-14-30)38-17-10-18-39(47-40)43(38)44/h2-27H,1H3. The van der Waals surface area contributed by atoms with Crippen LogP contribution in [0.2, 0.25) is 0 Å². The second kappa shape index (κ2) is 10.6. The van der Waals surface area contributed by atoms with Crippen molar-refractivity contribution in [3.63, 3.8) is 0 Å². The van der Waals surface area contributed by atoms with Crippen LogP contribution >= 0.6 is 11.3 Å². The van der Waals surface area contributed by atoms with E-state index in [9.17, 15) is 0 Å². The predicted molar refractivity (Wildman–Crippen MR) is 205 cm³/mol. The van der Waals surface area contributed by atoms with Gasteiger partial charge in [-0.1, -0.05) is 84.4 Å². The third-order valence-electron chi connectivity index (χ3n) is 9.76. The SMILES string of the molecule is Cc1ccc(N(c2ccccc2)c2ccc3c(c2)sc2cc4c(cc23)Oc2cccc3c2B4c2ccccc2N3c2ccccc2)cc1. The monoisotopic (exact) mass is 632 g/mol. The maximum atomic E-state index is 6.81. The Balaban J connectivity index is 1.14. The number of aryl methyl sites for hydroxylation is 1. The average molecular weight is 633 g/mol. The third-order valence-corrected chi connectivity index (χ3v) is 10.9. The van der Waals surface area contributed by atoms with Gasteiger partial charge in [-0.15, -0.1) is 11.3 Å². The molecule has 0 saturated carbocycles. The highest BCUT2D eigenvalue weighted by atomic mass is 32.1. The molecule has 0 spiro atoms. The Labute approximate surface area is 284 Å². The van der Waals surface area contributed by atoms with E-state index in [4.69, 9.17) is 4.74 Å². The molecule has 0 atom stereocenters.